The molecule has 2 rings (SSSR count). The van der Waals surface area contributed by atoms with Gasteiger partial charge in [-0.1, -0.05) is 24.3 Å². The first-order valence-electron chi connectivity index (χ1n) is 6.73. The van der Waals surface area contributed by atoms with Crippen molar-refractivity contribution in [3.8, 4) is 0 Å². The van der Waals surface area contributed by atoms with Crippen molar-refractivity contribution in [2.45, 2.75) is 13.0 Å². The van der Waals surface area contributed by atoms with Crippen LogP contribution in [0.3, 0.4) is 0 Å². The van der Waals surface area contributed by atoms with Crippen LogP contribution in [0.15, 0.2) is 47.8 Å². The van der Waals surface area contributed by atoms with Crippen molar-refractivity contribution in [3.63, 3.8) is 0 Å². The summed E-state index contributed by atoms with van der Waals surface area (Å²) in [5.41, 5.74) is 1.31. The van der Waals surface area contributed by atoms with Crippen LogP contribution < -0.4 is 4.90 Å². The Morgan fingerprint density at radius 3 is 2.30 bits per heavy atom. The van der Waals surface area contributed by atoms with Crippen molar-refractivity contribution < 1.29 is 0 Å². The molecule has 2 aromatic rings. The van der Waals surface area contributed by atoms with Crippen LogP contribution in [0.1, 0.15) is 11.3 Å². The van der Waals surface area contributed by atoms with Gasteiger partial charge in [-0.3, -0.25) is 0 Å². The average Bonchev–Trinajstić information content (AvgIpc) is 2.91. The highest BCUT2D eigenvalue weighted by molar-refractivity contribution is 7.09. The zero-order chi connectivity index (χ0) is 13.5. The van der Waals surface area contributed by atoms with E-state index in [0.717, 1.165) is 19.6 Å². The van der Waals surface area contributed by atoms with E-state index >= 15 is 0 Å². The number of para-hydroxylation sites is 1. The summed E-state index contributed by atoms with van der Waals surface area (Å²) in [6, 6.07) is 15.0. The number of thiophene rings is 1. The summed E-state index contributed by atoms with van der Waals surface area (Å²) in [6.45, 7) is 3.24. The average molecular weight is 311 g/mol. The molecule has 0 aliphatic carbocycles. The molecule has 0 saturated heterocycles. The van der Waals surface area contributed by atoms with Gasteiger partial charge >= 0.3 is 0 Å². The van der Waals surface area contributed by atoms with Crippen molar-refractivity contribution in [3.05, 3.63) is 52.7 Å². The van der Waals surface area contributed by atoms with E-state index in [0.29, 0.717) is 0 Å². The summed E-state index contributed by atoms with van der Waals surface area (Å²) in [7, 11) is 4.26. The predicted molar refractivity (Wildman–Crippen MR) is 92.2 cm³/mol. The van der Waals surface area contributed by atoms with E-state index in [1.807, 2.05) is 11.3 Å². The quantitative estimate of drug-likeness (QED) is 0.759. The van der Waals surface area contributed by atoms with E-state index in [-0.39, 0.29) is 12.4 Å². The second-order valence-corrected chi connectivity index (χ2v) is 6.03. The molecule has 0 spiro atoms. The molecule has 0 atom stereocenters. The molecule has 0 aliphatic heterocycles. The zero-order valence-corrected chi connectivity index (χ0v) is 13.8. The lowest BCUT2D eigenvalue weighted by Crippen LogP contribution is -2.26. The van der Waals surface area contributed by atoms with Gasteiger partial charge in [-0.25, -0.2) is 0 Å². The Kier molecular flexibility index (Phi) is 7.67. The molecule has 0 bridgehead atoms. The van der Waals surface area contributed by atoms with Crippen molar-refractivity contribution >= 4 is 29.4 Å². The molecule has 0 radical (unpaired) electrons. The van der Waals surface area contributed by atoms with Crippen LogP contribution in [-0.2, 0) is 6.54 Å². The Balaban J connectivity index is 0.00000200. The lowest BCUT2D eigenvalue weighted by atomic mass is 10.2. The van der Waals surface area contributed by atoms with Gasteiger partial charge in [-0.05, 0) is 50.6 Å². The summed E-state index contributed by atoms with van der Waals surface area (Å²) < 4.78 is 0. The summed E-state index contributed by atoms with van der Waals surface area (Å²) in [5.74, 6) is 0. The highest BCUT2D eigenvalue weighted by Crippen LogP contribution is 2.19. The third kappa shape index (κ3) is 5.53. The summed E-state index contributed by atoms with van der Waals surface area (Å²) in [6.07, 6.45) is 1.19. The van der Waals surface area contributed by atoms with Gasteiger partial charge in [-0.15, -0.1) is 23.7 Å². The third-order valence-electron chi connectivity index (χ3n) is 3.08. The molecule has 0 N–H and O–H groups in total. The minimum absolute atomic E-state index is 0. The number of anilines is 1. The molecule has 0 saturated carbocycles. The van der Waals surface area contributed by atoms with Crippen LogP contribution in [0.5, 0.6) is 0 Å². The molecule has 110 valence electrons. The van der Waals surface area contributed by atoms with Crippen LogP contribution in [-0.4, -0.2) is 32.1 Å². The van der Waals surface area contributed by atoms with E-state index in [4.69, 9.17) is 0 Å². The van der Waals surface area contributed by atoms with Crippen LogP contribution in [0.2, 0.25) is 0 Å². The maximum absolute atomic E-state index is 2.47. The Hall–Kier alpha value is -1.03. The van der Waals surface area contributed by atoms with Crippen molar-refractivity contribution in [2.75, 3.05) is 32.1 Å². The zero-order valence-electron chi connectivity index (χ0n) is 12.2. The van der Waals surface area contributed by atoms with E-state index in [1.54, 1.807) is 0 Å². The number of hydrogen-bond acceptors (Lipinski definition) is 3. The first kappa shape index (κ1) is 17.0. The van der Waals surface area contributed by atoms with Gasteiger partial charge in [0.1, 0.15) is 0 Å². The molecular weight excluding hydrogens is 288 g/mol. The van der Waals surface area contributed by atoms with Crippen LogP contribution in [0.25, 0.3) is 0 Å². The topological polar surface area (TPSA) is 6.48 Å². The van der Waals surface area contributed by atoms with Crippen LogP contribution in [0, 0.1) is 0 Å². The fourth-order valence-corrected chi connectivity index (χ4v) is 2.83. The Morgan fingerprint density at radius 1 is 0.950 bits per heavy atom. The van der Waals surface area contributed by atoms with E-state index in [9.17, 15) is 0 Å². The molecule has 1 heterocycles. The molecule has 0 unspecified atom stereocenters. The molecule has 0 aliphatic rings. The largest absolute Gasteiger partial charge is 0.366 e. The molecule has 20 heavy (non-hydrogen) atoms. The molecule has 0 amide bonds. The lowest BCUT2D eigenvalue weighted by molar-refractivity contribution is 0.400. The minimum Gasteiger partial charge on any atom is -0.366 e. The maximum atomic E-state index is 2.47. The molecule has 0 fully saturated rings. The second-order valence-electron chi connectivity index (χ2n) is 4.99. The van der Waals surface area contributed by atoms with Crippen molar-refractivity contribution in [2.24, 2.45) is 0 Å². The first-order chi connectivity index (χ1) is 9.25. The Morgan fingerprint density at radius 2 is 1.70 bits per heavy atom. The SMILES string of the molecule is CN(C)CCCN(Cc1cccs1)c1ccccc1.Cl. The highest BCUT2D eigenvalue weighted by Gasteiger charge is 2.07. The monoisotopic (exact) mass is 310 g/mol. The maximum Gasteiger partial charge on any atom is 0.0522 e. The molecular formula is C16H23ClN2S. The van der Waals surface area contributed by atoms with Crippen LogP contribution in [0.4, 0.5) is 5.69 Å². The molecule has 1 aromatic heterocycles. The third-order valence-corrected chi connectivity index (χ3v) is 3.94. The van der Waals surface area contributed by atoms with E-state index in [2.05, 4.69) is 71.7 Å². The number of halogens is 1. The van der Waals surface area contributed by atoms with Gasteiger partial charge in [0.25, 0.3) is 0 Å². The molecule has 1 aromatic carbocycles. The number of nitrogens with zero attached hydrogens (tertiary/aromatic N) is 2. The number of benzene rings is 1. The summed E-state index contributed by atoms with van der Waals surface area (Å²) in [4.78, 5) is 6.14. The van der Waals surface area contributed by atoms with Gasteiger partial charge in [0.15, 0.2) is 0 Å². The van der Waals surface area contributed by atoms with Crippen molar-refractivity contribution in [1.29, 1.82) is 0 Å². The van der Waals surface area contributed by atoms with Crippen molar-refractivity contribution in [1.82, 2.24) is 4.90 Å². The predicted octanol–water partition coefficient (Wildman–Crippen LogP) is 4.13. The molecule has 4 heteroatoms. The molecule has 2 nitrogen and oxygen atoms in total. The second kappa shape index (κ2) is 9.01. The van der Waals surface area contributed by atoms with Gasteiger partial charge in [0.05, 0.1) is 6.54 Å². The fraction of sp³-hybridized carbons (Fsp3) is 0.375. The highest BCUT2D eigenvalue weighted by atomic mass is 35.5. The van der Waals surface area contributed by atoms with Gasteiger partial charge in [0.2, 0.25) is 0 Å². The summed E-state index contributed by atoms with van der Waals surface area (Å²) >= 11 is 1.83. The fourth-order valence-electron chi connectivity index (χ4n) is 2.11. The number of hydrogen-bond donors (Lipinski definition) is 0. The van der Waals surface area contributed by atoms with Gasteiger partial charge < -0.3 is 9.80 Å². The normalized spacial score (nSPS) is 10.3. The van der Waals surface area contributed by atoms with E-state index < -0.39 is 0 Å². The standard InChI is InChI=1S/C16H22N2S.ClH/c1-17(2)11-7-12-18(14-16-10-6-13-19-16)15-8-4-3-5-9-15;/h3-6,8-10,13H,7,11-12,14H2,1-2H3;1H. The van der Waals surface area contributed by atoms with Crippen LogP contribution >= 0.6 is 23.7 Å². The van der Waals surface area contributed by atoms with E-state index in [1.165, 1.54) is 17.0 Å². The first-order valence-corrected chi connectivity index (χ1v) is 7.61. The number of rotatable bonds is 7. The lowest BCUT2D eigenvalue weighted by Gasteiger charge is -2.25. The Bertz CT molecular complexity index is 457. The summed E-state index contributed by atoms with van der Waals surface area (Å²) in [5, 5.41) is 2.15. The smallest absolute Gasteiger partial charge is 0.0522 e. The minimum atomic E-state index is 0. The Labute approximate surface area is 132 Å². The van der Waals surface area contributed by atoms with Gasteiger partial charge in [0, 0.05) is 17.1 Å². The van der Waals surface area contributed by atoms with Gasteiger partial charge in [-0.2, -0.15) is 0 Å².